The lowest BCUT2D eigenvalue weighted by Gasteiger charge is -2.43. The molecule has 1 atom stereocenters. The van der Waals surface area contributed by atoms with E-state index in [0.717, 1.165) is 4.90 Å². The third-order valence-corrected chi connectivity index (χ3v) is 4.29. The predicted octanol–water partition coefficient (Wildman–Crippen LogP) is 5.06. The van der Waals surface area contributed by atoms with Crippen LogP contribution in [-0.2, 0) is 0 Å². The molecule has 1 heterocycles. The lowest BCUT2D eigenvalue weighted by Crippen LogP contribution is -2.74. The fraction of sp³-hybridized carbons (Fsp3) is 1.00. The fourth-order valence-electron chi connectivity index (χ4n) is 2.24. The van der Waals surface area contributed by atoms with Gasteiger partial charge in [0, 0.05) is 26.1 Å². The zero-order valence-electron chi connectivity index (χ0n) is 14.7. The Bertz CT molecular complexity index is 680. The van der Waals surface area contributed by atoms with Crippen LogP contribution in [-0.4, -0.2) is 83.4 Å². The van der Waals surface area contributed by atoms with Gasteiger partial charge in [-0.15, -0.1) is 0 Å². The minimum Gasteiger partial charge on any atom is -0.392 e. The van der Waals surface area contributed by atoms with Gasteiger partial charge in [-0.25, -0.2) is 0 Å². The summed E-state index contributed by atoms with van der Waals surface area (Å²) in [4.78, 5) is 1.01. The molecule has 0 bridgehead atoms. The van der Waals surface area contributed by atoms with Gasteiger partial charge in [0.25, 0.3) is 0 Å². The van der Waals surface area contributed by atoms with Gasteiger partial charge in [0.05, 0.1) is 6.10 Å². The van der Waals surface area contributed by atoms with E-state index in [1.165, 1.54) is 0 Å². The van der Waals surface area contributed by atoms with Gasteiger partial charge in [-0.1, -0.05) is 0 Å². The lowest BCUT2D eigenvalue weighted by molar-refractivity contribution is -0.462. The lowest BCUT2D eigenvalue weighted by atomic mass is 9.87. The summed E-state index contributed by atoms with van der Waals surface area (Å²) in [6.07, 6.45) is -13.3. The van der Waals surface area contributed by atoms with Crippen molar-refractivity contribution >= 4 is 0 Å². The summed E-state index contributed by atoms with van der Waals surface area (Å²) in [7, 11) is 0. The summed E-state index contributed by atoms with van der Waals surface area (Å²) in [6.45, 7) is -0.719. The molecule has 2 nitrogen and oxygen atoms in total. The molecule has 0 aromatic carbocycles. The number of hydrogen-bond donors (Lipinski definition) is 1. The number of halogens is 17. The summed E-state index contributed by atoms with van der Waals surface area (Å²) < 4.78 is 222. The number of rotatable bonds is 10. The van der Waals surface area contributed by atoms with Gasteiger partial charge in [0.1, 0.15) is 0 Å². The molecule has 1 rings (SSSR count). The maximum Gasteiger partial charge on any atom is 0.460 e. The Kier molecular flexibility index (Phi) is 6.85. The molecule has 0 aromatic rings. The Labute approximate surface area is 165 Å². The molecule has 1 unspecified atom stereocenters. The molecular weight excluding hydrogens is 509 g/mol. The van der Waals surface area contributed by atoms with Crippen molar-refractivity contribution in [2.75, 3.05) is 19.6 Å². The summed E-state index contributed by atoms with van der Waals surface area (Å²) in [5.74, 6) is -56.5. The van der Waals surface area contributed by atoms with Crippen molar-refractivity contribution < 1.29 is 79.7 Å². The molecule has 1 fully saturated rings. The first-order valence-electron chi connectivity index (χ1n) is 7.84. The Morgan fingerprint density at radius 3 is 1.16 bits per heavy atom. The maximum atomic E-state index is 13.6. The number of alkyl halides is 17. The quantitative estimate of drug-likeness (QED) is 0.322. The van der Waals surface area contributed by atoms with E-state index in [2.05, 4.69) is 0 Å². The highest BCUT2D eigenvalue weighted by Gasteiger charge is 2.95. The monoisotopic (exact) mass is 519 g/mol. The summed E-state index contributed by atoms with van der Waals surface area (Å²) in [6, 6.07) is 0. The molecule has 1 N–H and O–H groups in total. The van der Waals surface area contributed by atoms with Crippen LogP contribution in [0.1, 0.15) is 6.42 Å². The molecule has 19 heteroatoms. The minimum atomic E-state index is -8.64. The SMILES string of the molecule is OC(CN1CC1)CC(F)(F)C(F)(F)C(F)(F)C(F)(F)C(F)(F)C(F)(F)C(F)(F)C(F)(F)F. The van der Waals surface area contributed by atoms with E-state index in [1.807, 2.05) is 0 Å². The van der Waals surface area contributed by atoms with Gasteiger partial charge >= 0.3 is 47.6 Å². The highest BCUT2D eigenvalue weighted by Crippen LogP contribution is 2.64. The van der Waals surface area contributed by atoms with Crippen LogP contribution in [0.4, 0.5) is 74.6 Å². The number of nitrogens with zero attached hydrogens (tertiary/aromatic N) is 1. The van der Waals surface area contributed by atoms with E-state index < -0.39 is 66.7 Å². The van der Waals surface area contributed by atoms with Crippen molar-refractivity contribution in [3.05, 3.63) is 0 Å². The molecule has 0 spiro atoms. The van der Waals surface area contributed by atoms with E-state index in [1.54, 1.807) is 0 Å². The Morgan fingerprint density at radius 1 is 0.531 bits per heavy atom. The first-order valence-corrected chi connectivity index (χ1v) is 7.84. The second kappa shape index (κ2) is 7.63. The van der Waals surface area contributed by atoms with Crippen LogP contribution in [0.5, 0.6) is 0 Å². The third kappa shape index (κ3) is 4.06. The predicted molar refractivity (Wildman–Crippen MR) is 67.7 cm³/mol. The van der Waals surface area contributed by atoms with Gasteiger partial charge in [-0.2, -0.15) is 74.6 Å². The molecule has 0 aliphatic carbocycles. The molecular formula is C13H10F17NO. The normalized spacial score (nSPS) is 19.3. The zero-order valence-corrected chi connectivity index (χ0v) is 14.7. The molecule has 0 radical (unpaired) electrons. The van der Waals surface area contributed by atoms with Gasteiger partial charge in [-0.3, -0.25) is 4.90 Å². The van der Waals surface area contributed by atoms with Crippen molar-refractivity contribution in [3.8, 4) is 0 Å². The van der Waals surface area contributed by atoms with E-state index in [0.29, 0.717) is 0 Å². The smallest absolute Gasteiger partial charge is 0.392 e. The minimum absolute atomic E-state index is 0.0992. The molecule has 1 aliphatic heterocycles. The van der Waals surface area contributed by atoms with Crippen molar-refractivity contribution in [2.45, 2.75) is 60.2 Å². The highest BCUT2D eigenvalue weighted by molar-refractivity contribution is 5.15. The largest absolute Gasteiger partial charge is 0.460 e. The van der Waals surface area contributed by atoms with Crippen LogP contribution in [0, 0.1) is 0 Å². The first-order chi connectivity index (χ1) is 13.7. The van der Waals surface area contributed by atoms with E-state index in [4.69, 9.17) is 5.11 Å². The molecule has 0 amide bonds. The number of hydrogen-bond acceptors (Lipinski definition) is 2. The van der Waals surface area contributed by atoms with Crippen LogP contribution in [0.2, 0.25) is 0 Å². The molecule has 0 aromatic heterocycles. The fourth-order valence-corrected chi connectivity index (χ4v) is 2.24. The average Bonchev–Trinajstić information content (AvgIpc) is 3.35. The standard InChI is InChI=1S/C13H10F17NO/c14-6(15,3-5(32)4-31-1-2-31)7(16,17)8(18,19)9(20,21)10(22,23)11(24,25)12(26,27)13(28,29)30/h5,32H,1-4H2. The number of aliphatic hydroxyl groups excluding tert-OH is 1. The van der Waals surface area contributed by atoms with E-state index >= 15 is 0 Å². The van der Waals surface area contributed by atoms with E-state index in [9.17, 15) is 74.6 Å². The van der Waals surface area contributed by atoms with Gasteiger partial charge in [0.2, 0.25) is 0 Å². The van der Waals surface area contributed by atoms with Crippen molar-refractivity contribution in [2.24, 2.45) is 0 Å². The maximum absolute atomic E-state index is 13.6. The van der Waals surface area contributed by atoms with Gasteiger partial charge < -0.3 is 5.11 Å². The molecule has 1 saturated heterocycles. The van der Waals surface area contributed by atoms with Crippen molar-refractivity contribution in [1.29, 1.82) is 0 Å². The van der Waals surface area contributed by atoms with Crippen molar-refractivity contribution in [3.63, 3.8) is 0 Å². The second-order valence-electron chi connectivity index (χ2n) is 6.81. The van der Waals surface area contributed by atoms with Crippen LogP contribution in [0.3, 0.4) is 0 Å². The highest BCUT2D eigenvalue weighted by atomic mass is 19.4. The third-order valence-electron chi connectivity index (χ3n) is 4.29. The van der Waals surface area contributed by atoms with Crippen LogP contribution < -0.4 is 0 Å². The summed E-state index contributed by atoms with van der Waals surface area (Å²) in [5.41, 5.74) is 0. The first kappa shape index (κ1) is 28.8. The van der Waals surface area contributed by atoms with Crippen LogP contribution >= 0.6 is 0 Å². The van der Waals surface area contributed by atoms with E-state index in [-0.39, 0.29) is 13.1 Å². The average molecular weight is 519 g/mol. The summed E-state index contributed by atoms with van der Waals surface area (Å²) in [5, 5.41) is 9.13. The van der Waals surface area contributed by atoms with Gasteiger partial charge in [-0.05, 0) is 0 Å². The zero-order chi connectivity index (χ0) is 26.0. The molecule has 192 valence electrons. The van der Waals surface area contributed by atoms with Crippen molar-refractivity contribution in [1.82, 2.24) is 4.90 Å². The second-order valence-corrected chi connectivity index (χ2v) is 6.81. The topological polar surface area (TPSA) is 23.2 Å². The Balaban J connectivity index is 3.44. The molecule has 32 heavy (non-hydrogen) atoms. The molecule has 0 saturated carbocycles. The number of aliphatic hydroxyl groups is 1. The molecule has 1 aliphatic rings. The van der Waals surface area contributed by atoms with Crippen LogP contribution in [0.15, 0.2) is 0 Å². The van der Waals surface area contributed by atoms with Crippen LogP contribution in [0.25, 0.3) is 0 Å². The number of β-amino-alcohol motifs (C(OH)–C–C–N with tert-alkyl or cyclic N) is 1. The summed E-state index contributed by atoms with van der Waals surface area (Å²) >= 11 is 0. The van der Waals surface area contributed by atoms with Gasteiger partial charge in [0.15, 0.2) is 0 Å². The Morgan fingerprint density at radius 2 is 0.844 bits per heavy atom. The Hall–Kier alpha value is -1.27.